The van der Waals surface area contributed by atoms with Crippen LogP contribution in [0.15, 0.2) is 48.5 Å². The molecule has 3 unspecified atom stereocenters. The van der Waals surface area contributed by atoms with Gasteiger partial charge in [0.2, 0.25) is 5.91 Å². The highest BCUT2D eigenvalue weighted by Gasteiger charge is 2.56. The van der Waals surface area contributed by atoms with E-state index in [4.69, 9.17) is 0 Å². The molecule has 4 heterocycles. The number of aromatic nitrogens is 3. The van der Waals surface area contributed by atoms with Crippen LogP contribution in [-0.2, 0) is 4.79 Å². The Morgan fingerprint density at radius 3 is 2.54 bits per heavy atom. The van der Waals surface area contributed by atoms with Gasteiger partial charge in [-0.15, -0.1) is 0 Å². The van der Waals surface area contributed by atoms with E-state index in [1.165, 1.54) is 0 Å². The number of likely N-dealkylation sites (tertiary alicyclic amines) is 2. The van der Waals surface area contributed by atoms with Crippen molar-refractivity contribution in [2.24, 2.45) is 5.41 Å². The van der Waals surface area contributed by atoms with E-state index < -0.39 is 17.0 Å². The summed E-state index contributed by atoms with van der Waals surface area (Å²) < 4.78 is 0. The fraction of sp³-hybridized carbons (Fsp3) is 0.400. The molecule has 3 atom stereocenters. The number of imidazole rings is 1. The number of piperazine rings is 1. The molecule has 2 bridgehead atoms. The van der Waals surface area contributed by atoms with Crippen LogP contribution in [0.3, 0.4) is 0 Å². The molecule has 2 aliphatic heterocycles. The first-order chi connectivity index (χ1) is 18.4. The van der Waals surface area contributed by atoms with Crippen LogP contribution in [0.4, 0.5) is 0 Å². The molecule has 9 nitrogen and oxygen atoms in total. The van der Waals surface area contributed by atoms with E-state index in [-0.39, 0.29) is 23.8 Å². The zero-order chi connectivity index (χ0) is 27.7. The molecule has 2 aromatic carbocycles. The standard InChI is InChI=1S/C30H34N6O3/c1-17-9-8-10-18-13-22(31-23(17)18)26(37)34-24(29(2,3)4)27(38)36-15-19-14-30(36,5)16-35(19)28(39)25-32-20-11-6-7-12-21(20)33-25/h6-13,19,24,31H,14-16H2,1-5H3,(H,32,33)(H,34,37). The quantitative estimate of drug-likeness (QED) is 0.373. The molecule has 0 aliphatic carbocycles. The van der Waals surface area contributed by atoms with Gasteiger partial charge in [-0.05, 0) is 49.4 Å². The summed E-state index contributed by atoms with van der Waals surface area (Å²) in [7, 11) is 0. The van der Waals surface area contributed by atoms with Gasteiger partial charge in [0.15, 0.2) is 5.82 Å². The van der Waals surface area contributed by atoms with Crippen LogP contribution in [0.25, 0.3) is 21.9 Å². The number of carbonyl (C=O) groups excluding carboxylic acids is 3. The monoisotopic (exact) mass is 526 g/mol. The van der Waals surface area contributed by atoms with Crippen LogP contribution < -0.4 is 5.32 Å². The molecule has 9 heteroatoms. The van der Waals surface area contributed by atoms with Crippen LogP contribution in [0.1, 0.15) is 60.8 Å². The van der Waals surface area contributed by atoms with Gasteiger partial charge in [0.1, 0.15) is 11.7 Å². The molecule has 3 N–H and O–H groups in total. The fourth-order valence-electron chi connectivity index (χ4n) is 6.20. The number of H-pyrrole nitrogens is 2. The average Bonchev–Trinajstić information content (AvgIpc) is 3.65. The van der Waals surface area contributed by atoms with Gasteiger partial charge in [-0.2, -0.15) is 0 Å². The normalized spacial score (nSPS) is 21.6. The number of rotatable bonds is 4. The number of fused-ring (bicyclic) bond motifs is 4. The molecule has 0 saturated carbocycles. The number of nitrogens with zero attached hydrogens (tertiary/aromatic N) is 3. The molecule has 0 spiro atoms. The van der Waals surface area contributed by atoms with E-state index in [9.17, 15) is 14.4 Å². The summed E-state index contributed by atoms with van der Waals surface area (Å²) >= 11 is 0. The maximum Gasteiger partial charge on any atom is 0.290 e. The van der Waals surface area contributed by atoms with E-state index >= 15 is 0 Å². The summed E-state index contributed by atoms with van der Waals surface area (Å²) in [6, 6.07) is 14.5. The molecule has 2 saturated heterocycles. The smallest absolute Gasteiger partial charge is 0.290 e. The Morgan fingerprint density at radius 1 is 1.10 bits per heavy atom. The predicted molar refractivity (Wildman–Crippen MR) is 149 cm³/mol. The summed E-state index contributed by atoms with van der Waals surface area (Å²) in [4.78, 5) is 55.3. The minimum absolute atomic E-state index is 0.104. The maximum absolute atomic E-state index is 14.0. The first-order valence-corrected chi connectivity index (χ1v) is 13.4. The van der Waals surface area contributed by atoms with Crippen LogP contribution in [-0.4, -0.2) is 73.2 Å². The maximum atomic E-state index is 14.0. The SMILES string of the molecule is Cc1cccc2cc(C(=O)NC(C(=O)N3CC4CC3(C)CN4C(=O)c3nc4ccccc4[nH]3)C(C)(C)C)[nH]c12. The van der Waals surface area contributed by atoms with Gasteiger partial charge < -0.3 is 25.1 Å². The van der Waals surface area contributed by atoms with E-state index in [2.05, 4.69) is 20.3 Å². The van der Waals surface area contributed by atoms with Crippen molar-refractivity contribution in [1.29, 1.82) is 0 Å². The number of aryl methyl sites for hydroxylation is 1. The minimum atomic E-state index is -0.729. The largest absolute Gasteiger partial charge is 0.350 e. The molecular formula is C30H34N6O3. The second-order valence-electron chi connectivity index (χ2n) is 12.3. The van der Waals surface area contributed by atoms with Crippen molar-refractivity contribution in [3.05, 3.63) is 65.6 Å². The van der Waals surface area contributed by atoms with Gasteiger partial charge in [0, 0.05) is 24.0 Å². The average molecular weight is 527 g/mol. The van der Waals surface area contributed by atoms with Crippen molar-refractivity contribution in [1.82, 2.24) is 30.1 Å². The Morgan fingerprint density at radius 2 is 1.87 bits per heavy atom. The molecule has 39 heavy (non-hydrogen) atoms. The predicted octanol–water partition coefficient (Wildman–Crippen LogP) is 4.01. The van der Waals surface area contributed by atoms with E-state index in [0.29, 0.717) is 31.0 Å². The van der Waals surface area contributed by atoms with Crippen LogP contribution >= 0.6 is 0 Å². The topological polar surface area (TPSA) is 114 Å². The highest BCUT2D eigenvalue weighted by molar-refractivity contribution is 6.01. The number of nitrogens with one attached hydrogen (secondary N) is 3. The molecule has 3 amide bonds. The number of carbonyl (C=O) groups is 3. The van der Waals surface area contributed by atoms with Crippen LogP contribution in [0.5, 0.6) is 0 Å². The zero-order valence-electron chi connectivity index (χ0n) is 23.0. The van der Waals surface area contributed by atoms with Crippen molar-refractivity contribution >= 4 is 39.7 Å². The van der Waals surface area contributed by atoms with Crippen LogP contribution in [0, 0.1) is 12.3 Å². The zero-order valence-corrected chi connectivity index (χ0v) is 23.0. The van der Waals surface area contributed by atoms with Crippen LogP contribution in [0.2, 0.25) is 0 Å². The third kappa shape index (κ3) is 4.16. The van der Waals surface area contributed by atoms with E-state index in [1.54, 1.807) is 0 Å². The van der Waals surface area contributed by atoms with Gasteiger partial charge in [-0.25, -0.2) is 4.98 Å². The Labute approximate surface area is 227 Å². The molecule has 0 radical (unpaired) electrons. The van der Waals surface area contributed by atoms with Gasteiger partial charge in [0.25, 0.3) is 11.8 Å². The first-order valence-electron chi connectivity index (χ1n) is 13.4. The Kier molecular flexibility index (Phi) is 5.61. The van der Waals surface area contributed by atoms with Crippen molar-refractivity contribution in [2.75, 3.05) is 13.1 Å². The number of aromatic amines is 2. The van der Waals surface area contributed by atoms with Crippen molar-refractivity contribution in [3.63, 3.8) is 0 Å². The molecule has 2 fully saturated rings. The highest BCUT2D eigenvalue weighted by Crippen LogP contribution is 2.41. The molecular weight excluding hydrogens is 492 g/mol. The first kappa shape index (κ1) is 25.2. The lowest BCUT2D eigenvalue weighted by molar-refractivity contribution is -0.141. The summed E-state index contributed by atoms with van der Waals surface area (Å²) in [5, 5.41) is 3.98. The van der Waals surface area contributed by atoms with E-state index in [0.717, 1.165) is 27.5 Å². The minimum Gasteiger partial charge on any atom is -0.350 e. The Hall–Kier alpha value is -4.14. The van der Waals surface area contributed by atoms with Gasteiger partial charge in [-0.1, -0.05) is 51.1 Å². The molecule has 202 valence electrons. The lowest BCUT2D eigenvalue weighted by Crippen LogP contribution is -2.62. The molecule has 2 aliphatic rings. The van der Waals surface area contributed by atoms with Gasteiger partial charge in [0.05, 0.1) is 22.6 Å². The lowest BCUT2D eigenvalue weighted by atomic mass is 9.84. The van der Waals surface area contributed by atoms with E-state index in [1.807, 2.05) is 92.9 Å². The number of para-hydroxylation sites is 3. The lowest BCUT2D eigenvalue weighted by Gasteiger charge is -2.43. The summed E-state index contributed by atoms with van der Waals surface area (Å²) in [6.45, 7) is 10.7. The van der Waals surface area contributed by atoms with Crippen molar-refractivity contribution in [2.45, 2.75) is 58.7 Å². The third-order valence-corrected chi connectivity index (χ3v) is 8.29. The van der Waals surface area contributed by atoms with Crippen molar-refractivity contribution in [3.8, 4) is 0 Å². The fourth-order valence-corrected chi connectivity index (χ4v) is 6.20. The Bertz CT molecular complexity index is 1600. The third-order valence-electron chi connectivity index (χ3n) is 8.29. The second-order valence-corrected chi connectivity index (χ2v) is 12.3. The highest BCUT2D eigenvalue weighted by atomic mass is 16.2. The van der Waals surface area contributed by atoms with Crippen molar-refractivity contribution < 1.29 is 14.4 Å². The number of hydrogen-bond acceptors (Lipinski definition) is 4. The summed E-state index contributed by atoms with van der Waals surface area (Å²) in [6.07, 6.45) is 0.691. The molecule has 4 aromatic rings. The summed E-state index contributed by atoms with van der Waals surface area (Å²) in [5.41, 5.74) is 2.94. The molecule has 2 aromatic heterocycles. The van der Waals surface area contributed by atoms with Gasteiger partial charge >= 0.3 is 0 Å². The van der Waals surface area contributed by atoms with Gasteiger partial charge in [-0.3, -0.25) is 14.4 Å². The number of hydrogen-bond donors (Lipinski definition) is 3. The number of amides is 3. The molecule has 6 rings (SSSR count). The number of benzene rings is 2. The summed E-state index contributed by atoms with van der Waals surface area (Å²) in [5.74, 6) is -0.264. The Balaban J connectivity index is 1.20. The second kappa shape index (κ2) is 8.69.